The zero-order chi connectivity index (χ0) is 20.2. The van der Waals surface area contributed by atoms with Crippen LogP contribution >= 0.6 is 11.6 Å². The van der Waals surface area contributed by atoms with E-state index < -0.39 is 15.8 Å². The summed E-state index contributed by atoms with van der Waals surface area (Å²) in [4.78, 5) is 6.23. The molecule has 0 heterocycles. The molecule has 2 rings (SSSR count). The monoisotopic (exact) mass is 411 g/mol. The van der Waals surface area contributed by atoms with Gasteiger partial charge in [-0.3, -0.25) is 4.31 Å². The van der Waals surface area contributed by atoms with Gasteiger partial charge >= 0.3 is 0 Å². The molecule has 0 aliphatic rings. The topological polar surface area (TPSA) is 53.0 Å². The summed E-state index contributed by atoms with van der Waals surface area (Å²) in [5.41, 5.74) is 1.89. The number of hydrogen-bond acceptors (Lipinski definition) is 3. The van der Waals surface area contributed by atoms with Gasteiger partial charge in [0.25, 0.3) is 0 Å². The summed E-state index contributed by atoms with van der Waals surface area (Å²) in [5, 5.41) is 0.318. The Hall–Kier alpha value is -2.12. The van der Waals surface area contributed by atoms with Crippen LogP contribution in [-0.4, -0.2) is 39.5 Å². The summed E-state index contributed by atoms with van der Waals surface area (Å²) >= 11 is 6.33. The molecule has 0 atom stereocenters. The number of rotatable bonds is 7. The third-order valence-electron chi connectivity index (χ3n) is 4.10. The van der Waals surface area contributed by atoms with Gasteiger partial charge in [-0.15, -0.1) is 0 Å². The van der Waals surface area contributed by atoms with Gasteiger partial charge in [0, 0.05) is 19.2 Å². The van der Waals surface area contributed by atoms with Gasteiger partial charge in [-0.1, -0.05) is 29.8 Å². The molecule has 0 saturated carbocycles. The van der Waals surface area contributed by atoms with E-state index in [-0.39, 0.29) is 12.1 Å². The third kappa shape index (κ3) is 5.43. The zero-order valence-corrected chi connectivity index (χ0v) is 17.4. The fourth-order valence-corrected chi connectivity index (χ4v) is 3.56. The molecule has 0 aromatic heterocycles. The third-order valence-corrected chi connectivity index (χ3v) is 5.53. The molecule has 0 aliphatic heterocycles. The van der Waals surface area contributed by atoms with Gasteiger partial charge in [0.1, 0.15) is 5.82 Å². The van der Waals surface area contributed by atoms with E-state index in [1.807, 2.05) is 18.9 Å². The fourth-order valence-electron chi connectivity index (χ4n) is 2.43. The van der Waals surface area contributed by atoms with Gasteiger partial charge < -0.3 is 4.90 Å². The molecule has 0 bridgehead atoms. The van der Waals surface area contributed by atoms with Crippen molar-refractivity contribution in [2.45, 2.75) is 20.4 Å². The molecule has 0 saturated heterocycles. The lowest BCUT2D eigenvalue weighted by molar-refractivity contribution is 0.552. The van der Waals surface area contributed by atoms with Crippen molar-refractivity contribution in [2.24, 2.45) is 4.99 Å². The standard InChI is InChI=1S/C19H23ClFN3O2S/c1-5-23(3)13-22-18-10-14(2)19(11-16(18)20)24(27(4,25)26)12-15-8-6-7-9-17(15)21/h6-11,13H,5,12H2,1-4H3. The van der Waals surface area contributed by atoms with Crippen LogP contribution in [0.4, 0.5) is 15.8 Å². The van der Waals surface area contributed by atoms with Crippen LogP contribution in [0.25, 0.3) is 0 Å². The van der Waals surface area contributed by atoms with Gasteiger partial charge in [0.05, 0.1) is 35.5 Å². The lowest BCUT2D eigenvalue weighted by Crippen LogP contribution is -2.30. The molecule has 2 aromatic carbocycles. The second-order valence-electron chi connectivity index (χ2n) is 6.27. The molecular weight excluding hydrogens is 389 g/mol. The zero-order valence-electron chi connectivity index (χ0n) is 15.8. The maximum Gasteiger partial charge on any atom is 0.232 e. The minimum Gasteiger partial charge on any atom is -0.366 e. The molecule has 27 heavy (non-hydrogen) atoms. The van der Waals surface area contributed by atoms with Crippen molar-refractivity contribution >= 4 is 39.3 Å². The quantitative estimate of drug-likeness (QED) is 0.502. The molecule has 0 unspecified atom stereocenters. The Kier molecular flexibility index (Phi) is 6.84. The van der Waals surface area contributed by atoms with E-state index in [0.717, 1.165) is 17.1 Å². The Labute approximate surface area is 165 Å². The molecule has 5 nitrogen and oxygen atoms in total. The Bertz CT molecular complexity index is 948. The van der Waals surface area contributed by atoms with Gasteiger partial charge in [0.15, 0.2) is 0 Å². The summed E-state index contributed by atoms with van der Waals surface area (Å²) in [6, 6.07) is 9.36. The average molecular weight is 412 g/mol. The van der Waals surface area contributed by atoms with E-state index in [9.17, 15) is 12.8 Å². The van der Waals surface area contributed by atoms with Crippen molar-refractivity contribution in [3.63, 3.8) is 0 Å². The maximum absolute atomic E-state index is 14.0. The summed E-state index contributed by atoms with van der Waals surface area (Å²) in [6.45, 7) is 4.44. The predicted molar refractivity (Wildman–Crippen MR) is 110 cm³/mol. The predicted octanol–water partition coefficient (Wildman–Crippen LogP) is 4.37. The highest BCUT2D eigenvalue weighted by Crippen LogP contribution is 2.34. The van der Waals surface area contributed by atoms with Crippen molar-refractivity contribution in [3.8, 4) is 0 Å². The Morgan fingerprint density at radius 1 is 1.26 bits per heavy atom. The van der Waals surface area contributed by atoms with Crippen molar-refractivity contribution in [1.29, 1.82) is 0 Å². The van der Waals surface area contributed by atoms with Gasteiger partial charge in [-0.05, 0) is 37.6 Å². The lowest BCUT2D eigenvalue weighted by Gasteiger charge is -2.25. The molecule has 2 aromatic rings. The number of aliphatic imine (C=N–C) groups is 1. The molecule has 146 valence electrons. The Morgan fingerprint density at radius 3 is 2.52 bits per heavy atom. The SMILES string of the molecule is CCN(C)C=Nc1cc(C)c(N(Cc2ccccc2F)S(C)(=O)=O)cc1Cl. The average Bonchev–Trinajstić information content (AvgIpc) is 2.60. The van der Waals surface area contributed by atoms with Gasteiger partial charge in [-0.2, -0.15) is 0 Å². The first-order chi connectivity index (χ1) is 12.6. The number of sulfonamides is 1. The molecular formula is C19H23ClFN3O2S. The van der Waals surface area contributed by atoms with E-state index in [4.69, 9.17) is 11.6 Å². The van der Waals surface area contributed by atoms with Crippen molar-refractivity contribution in [1.82, 2.24) is 4.90 Å². The number of hydrogen-bond donors (Lipinski definition) is 0. The maximum atomic E-state index is 14.0. The Morgan fingerprint density at radius 2 is 1.93 bits per heavy atom. The van der Waals surface area contributed by atoms with Crippen LogP contribution in [-0.2, 0) is 16.6 Å². The second kappa shape index (κ2) is 8.71. The normalized spacial score (nSPS) is 11.8. The lowest BCUT2D eigenvalue weighted by atomic mass is 10.1. The van der Waals surface area contributed by atoms with Gasteiger partial charge in [0.2, 0.25) is 10.0 Å². The number of nitrogens with zero attached hydrogens (tertiary/aromatic N) is 3. The van der Waals surface area contributed by atoms with Crippen molar-refractivity contribution in [3.05, 3.63) is 58.4 Å². The number of halogens is 2. The van der Waals surface area contributed by atoms with E-state index in [1.165, 1.54) is 6.07 Å². The van der Waals surface area contributed by atoms with E-state index in [0.29, 0.717) is 22.0 Å². The van der Waals surface area contributed by atoms with Crippen LogP contribution in [0.2, 0.25) is 5.02 Å². The molecule has 0 amide bonds. The first kappa shape index (κ1) is 21.2. The number of aryl methyl sites for hydroxylation is 1. The Balaban J connectivity index is 2.46. The van der Waals surface area contributed by atoms with Crippen LogP contribution in [0.1, 0.15) is 18.1 Å². The minimum atomic E-state index is -3.65. The van der Waals surface area contributed by atoms with Gasteiger partial charge in [-0.25, -0.2) is 17.8 Å². The molecule has 0 N–H and O–H groups in total. The molecule has 0 radical (unpaired) electrons. The summed E-state index contributed by atoms with van der Waals surface area (Å²) in [7, 11) is -1.77. The van der Waals surface area contributed by atoms with Crippen molar-refractivity contribution in [2.75, 3.05) is 24.2 Å². The largest absolute Gasteiger partial charge is 0.366 e. The van der Waals surface area contributed by atoms with E-state index >= 15 is 0 Å². The summed E-state index contributed by atoms with van der Waals surface area (Å²) < 4.78 is 39.9. The number of benzene rings is 2. The fraction of sp³-hybridized carbons (Fsp3) is 0.316. The smallest absolute Gasteiger partial charge is 0.232 e. The molecule has 0 fully saturated rings. The van der Waals surface area contributed by atoms with Crippen LogP contribution in [0.3, 0.4) is 0 Å². The van der Waals surface area contributed by atoms with Crippen LogP contribution < -0.4 is 4.31 Å². The van der Waals surface area contributed by atoms with E-state index in [2.05, 4.69) is 4.99 Å². The first-order valence-electron chi connectivity index (χ1n) is 8.39. The molecule has 0 aliphatic carbocycles. The van der Waals surface area contributed by atoms with Crippen LogP contribution in [0, 0.1) is 12.7 Å². The van der Waals surface area contributed by atoms with Crippen LogP contribution in [0.5, 0.6) is 0 Å². The second-order valence-corrected chi connectivity index (χ2v) is 8.58. The minimum absolute atomic E-state index is 0.121. The molecule has 0 spiro atoms. The first-order valence-corrected chi connectivity index (χ1v) is 10.6. The summed E-state index contributed by atoms with van der Waals surface area (Å²) in [5.74, 6) is -0.460. The van der Waals surface area contributed by atoms with Crippen LogP contribution in [0.15, 0.2) is 41.4 Å². The number of anilines is 1. The molecule has 8 heteroatoms. The van der Waals surface area contributed by atoms with Crippen molar-refractivity contribution < 1.29 is 12.8 Å². The van der Waals surface area contributed by atoms with E-state index in [1.54, 1.807) is 43.6 Å². The highest BCUT2D eigenvalue weighted by atomic mass is 35.5. The highest BCUT2D eigenvalue weighted by Gasteiger charge is 2.22. The summed E-state index contributed by atoms with van der Waals surface area (Å²) in [6.07, 6.45) is 2.75. The highest BCUT2D eigenvalue weighted by molar-refractivity contribution is 7.92.